The lowest BCUT2D eigenvalue weighted by molar-refractivity contribution is 0.313. The molecule has 0 spiro atoms. The summed E-state index contributed by atoms with van der Waals surface area (Å²) in [4.78, 5) is 0. The summed E-state index contributed by atoms with van der Waals surface area (Å²) in [6.07, 6.45) is 0. The maximum atomic E-state index is 5.76. The standard InChI is InChI=1S/C18H19N3O3S2/c1-22-14-7-5-6-13(12-14)19-17-20-21-18(26-17)25-11-10-24-16-9-4-3-8-15(16)23-2/h3-9,12H,10-11H2,1-2H3,(H,19,20). The fraction of sp³-hybridized carbons (Fsp3) is 0.222. The molecule has 0 aliphatic heterocycles. The molecule has 0 saturated heterocycles. The van der Waals surface area contributed by atoms with Gasteiger partial charge < -0.3 is 19.5 Å². The zero-order chi connectivity index (χ0) is 18.2. The molecule has 0 radical (unpaired) electrons. The Morgan fingerprint density at radius 2 is 1.85 bits per heavy atom. The Morgan fingerprint density at radius 1 is 1.00 bits per heavy atom. The second kappa shape index (κ2) is 9.30. The molecule has 0 aliphatic rings. The fourth-order valence-electron chi connectivity index (χ4n) is 2.16. The number of rotatable bonds is 9. The molecular formula is C18H19N3O3S2. The third kappa shape index (κ3) is 5.03. The normalized spacial score (nSPS) is 10.4. The van der Waals surface area contributed by atoms with Gasteiger partial charge in [0.2, 0.25) is 5.13 Å². The first-order valence-corrected chi connectivity index (χ1v) is 9.72. The second-order valence-corrected chi connectivity index (χ2v) is 7.40. The van der Waals surface area contributed by atoms with Crippen LogP contribution in [0.25, 0.3) is 0 Å². The Hall–Kier alpha value is -2.45. The molecule has 1 heterocycles. The van der Waals surface area contributed by atoms with Crippen LogP contribution in [-0.2, 0) is 0 Å². The van der Waals surface area contributed by atoms with Crippen molar-refractivity contribution in [1.82, 2.24) is 10.2 Å². The Bertz CT molecular complexity index is 842. The molecule has 0 unspecified atom stereocenters. The molecule has 8 heteroatoms. The quantitative estimate of drug-likeness (QED) is 0.428. The monoisotopic (exact) mass is 389 g/mol. The SMILES string of the molecule is COc1cccc(Nc2nnc(SCCOc3ccccc3OC)s2)c1. The zero-order valence-electron chi connectivity index (χ0n) is 14.5. The number of nitrogens with zero attached hydrogens (tertiary/aromatic N) is 2. The number of hydrogen-bond donors (Lipinski definition) is 1. The van der Waals surface area contributed by atoms with E-state index in [9.17, 15) is 0 Å². The highest BCUT2D eigenvalue weighted by Gasteiger charge is 2.07. The van der Waals surface area contributed by atoms with Gasteiger partial charge in [0.25, 0.3) is 0 Å². The average molecular weight is 390 g/mol. The summed E-state index contributed by atoms with van der Waals surface area (Å²) in [6, 6.07) is 15.3. The van der Waals surface area contributed by atoms with Gasteiger partial charge in [-0.25, -0.2) is 0 Å². The highest BCUT2D eigenvalue weighted by Crippen LogP contribution is 2.29. The molecule has 2 aromatic carbocycles. The fourth-order valence-corrected chi connectivity index (χ4v) is 3.82. The number of hydrogen-bond acceptors (Lipinski definition) is 8. The molecule has 136 valence electrons. The molecule has 1 aromatic heterocycles. The van der Waals surface area contributed by atoms with E-state index in [1.54, 1.807) is 26.0 Å². The lowest BCUT2D eigenvalue weighted by Crippen LogP contribution is -2.01. The molecule has 0 amide bonds. The Labute approximate surface area is 160 Å². The van der Waals surface area contributed by atoms with Gasteiger partial charge in [-0.2, -0.15) is 0 Å². The molecule has 0 atom stereocenters. The van der Waals surface area contributed by atoms with Gasteiger partial charge in [0, 0.05) is 17.5 Å². The molecule has 0 aliphatic carbocycles. The van der Waals surface area contributed by atoms with Crippen molar-refractivity contribution in [1.29, 1.82) is 0 Å². The van der Waals surface area contributed by atoms with E-state index < -0.39 is 0 Å². The van der Waals surface area contributed by atoms with Crippen molar-refractivity contribution in [3.63, 3.8) is 0 Å². The van der Waals surface area contributed by atoms with Crippen LogP contribution in [0.4, 0.5) is 10.8 Å². The minimum atomic E-state index is 0.559. The number of nitrogens with one attached hydrogen (secondary N) is 1. The first-order chi connectivity index (χ1) is 12.8. The molecule has 1 N–H and O–H groups in total. The highest BCUT2D eigenvalue weighted by molar-refractivity contribution is 8.01. The number of thioether (sulfide) groups is 1. The Kier molecular flexibility index (Phi) is 6.56. The predicted molar refractivity (Wildman–Crippen MR) is 105 cm³/mol. The van der Waals surface area contributed by atoms with Crippen LogP contribution in [0.1, 0.15) is 0 Å². The minimum Gasteiger partial charge on any atom is -0.497 e. The van der Waals surface area contributed by atoms with E-state index in [1.807, 2.05) is 48.5 Å². The van der Waals surface area contributed by atoms with E-state index in [1.165, 1.54) is 11.3 Å². The highest BCUT2D eigenvalue weighted by atomic mass is 32.2. The van der Waals surface area contributed by atoms with Crippen LogP contribution < -0.4 is 19.5 Å². The van der Waals surface area contributed by atoms with Crippen LogP contribution in [0.3, 0.4) is 0 Å². The topological polar surface area (TPSA) is 65.5 Å². The molecule has 3 rings (SSSR count). The summed E-state index contributed by atoms with van der Waals surface area (Å²) < 4.78 is 17.1. The lowest BCUT2D eigenvalue weighted by Gasteiger charge is -2.09. The summed E-state index contributed by atoms with van der Waals surface area (Å²) in [5, 5.41) is 12.3. The largest absolute Gasteiger partial charge is 0.497 e. The molecule has 0 saturated carbocycles. The van der Waals surface area contributed by atoms with E-state index in [-0.39, 0.29) is 0 Å². The third-order valence-electron chi connectivity index (χ3n) is 3.36. The molecule has 0 bridgehead atoms. The molecule has 0 fully saturated rings. The molecule has 26 heavy (non-hydrogen) atoms. The summed E-state index contributed by atoms with van der Waals surface area (Å²) in [5.74, 6) is 3.04. The van der Waals surface area contributed by atoms with E-state index in [4.69, 9.17) is 14.2 Å². The van der Waals surface area contributed by atoms with Crippen LogP contribution in [0.2, 0.25) is 0 Å². The van der Waals surface area contributed by atoms with Crippen LogP contribution in [-0.4, -0.2) is 36.8 Å². The van der Waals surface area contributed by atoms with Gasteiger partial charge in [-0.15, -0.1) is 10.2 Å². The van der Waals surface area contributed by atoms with Gasteiger partial charge in [0.1, 0.15) is 5.75 Å². The van der Waals surface area contributed by atoms with Crippen molar-refractivity contribution in [2.75, 3.05) is 31.9 Å². The molecular weight excluding hydrogens is 370 g/mol. The van der Waals surface area contributed by atoms with Gasteiger partial charge in [0.15, 0.2) is 15.8 Å². The zero-order valence-corrected chi connectivity index (χ0v) is 16.1. The van der Waals surface area contributed by atoms with Gasteiger partial charge >= 0.3 is 0 Å². The van der Waals surface area contributed by atoms with Gasteiger partial charge in [-0.3, -0.25) is 0 Å². The third-order valence-corrected chi connectivity index (χ3v) is 5.30. The summed E-state index contributed by atoms with van der Waals surface area (Å²) in [6.45, 7) is 0.559. The van der Waals surface area contributed by atoms with E-state index in [0.717, 1.165) is 38.2 Å². The second-order valence-electron chi connectivity index (χ2n) is 5.08. The van der Waals surface area contributed by atoms with Gasteiger partial charge in [-0.1, -0.05) is 41.3 Å². The number of para-hydroxylation sites is 2. The lowest BCUT2D eigenvalue weighted by atomic mass is 10.3. The van der Waals surface area contributed by atoms with Crippen LogP contribution in [0.5, 0.6) is 17.2 Å². The van der Waals surface area contributed by atoms with Crippen LogP contribution in [0, 0.1) is 0 Å². The van der Waals surface area contributed by atoms with Crippen molar-refractivity contribution in [2.45, 2.75) is 4.34 Å². The number of anilines is 2. The molecule has 3 aromatic rings. The molecule has 6 nitrogen and oxygen atoms in total. The van der Waals surface area contributed by atoms with Crippen LogP contribution in [0.15, 0.2) is 52.9 Å². The van der Waals surface area contributed by atoms with Crippen molar-refractivity contribution in [3.8, 4) is 17.2 Å². The summed E-state index contributed by atoms with van der Waals surface area (Å²) in [5.41, 5.74) is 0.913. The Balaban J connectivity index is 1.48. The van der Waals surface area contributed by atoms with Crippen molar-refractivity contribution in [3.05, 3.63) is 48.5 Å². The van der Waals surface area contributed by atoms with E-state index in [2.05, 4.69) is 15.5 Å². The van der Waals surface area contributed by atoms with Crippen LogP contribution >= 0.6 is 23.1 Å². The maximum absolute atomic E-state index is 5.76. The summed E-state index contributed by atoms with van der Waals surface area (Å²) >= 11 is 3.11. The number of aromatic nitrogens is 2. The van der Waals surface area contributed by atoms with E-state index in [0.29, 0.717) is 6.61 Å². The first kappa shape index (κ1) is 18.3. The number of methoxy groups -OCH3 is 2. The van der Waals surface area contributed by atoms with Gasteiger partial charge in [0.05, 0.1) is 20.8 Å². The number of benzene rings is 2. The van der Waals surface area contributed by atoms with Crippen molar-refractivity contribution in [2.24, 2.45) is 0 Å². The average Bonchev–Trinajstić information content (AvgIpc) is 3.13. The smallest absolute Gasteiger partial charge is 0.210 e. The maximum Gasteiger partial charge on any atom is 0.210 e. The van der Waals surface area contributed by atoms with Crippen molar-refractivity contribution >= 4 is 33.9 Å². The van der Waals surface area contributed by atoms with E-state index >= 15 is 0 Å². The Morgan fingerprint density at radius 3 is 2.65 bits per heavy atom. The summed E-state index contributed by atoms with van der Waals surface area (Å²) in [7, 11) is 3.28. The number of ether oxygens (including phenoxy) is 3. The first-order valence-electron chi connectivity index (χ1n) is 7.91. The van der Waals surface area contributed by atoms with Crippen molar-refractivity contribution < 1.29 is 14.2 Å². The minimum absolute atomic E-state index is 0.559. The van der Waals surface area contributed by atoms with Gasteiger partial charge in [-0.05, 0) is 24.3 Å². The predicted octanol–water partition coefficient (Wildman–Crippen LogP) is 4.47.